The standard InChI is InChI=1S/C18H18ClN3O4S/c1-26-8-7-20-15(23)11-21-14-6-9-27-16(14)17(24)22(18(21)25)10-12-4-2-3-5-13(12)19/h2-6,9H,7-8,10-11H2,1H3,(H,20,23). The third-order valence-corrected chi connectivity index (χ3v) is 5.31. The van der Waals surface area contributed by atoms with Crippen molar-refractivity contribution in [3.63, 3.8) is 0 Å². The van der Waals surface area contributed by atoms with Gasteiger partial charge < -0.3 is 10.1 Å². The summed E-state index contributed by atoms with van der Waals surface area (Å²) < 4.78 is 7.74. The fraction of sp³-hybridized carbons (Fsp3) is 0.278. The molecule has 1 N–H and O–H groups in total. The van der Waals surface area contributed by atoms with Crippen molar-refractivity contribution < 1.29 is 9.53 Å². The normalized spacial score (nSPS) is 11.0. The van der Waals surface area contributed by atoms with Gasteiger partial charge in [-0.25, -0.2) is 4.79 Å². The maximum Gasteiger partial charge on any atom is 0.332 e. The molecule has 0 aliphatic rings. The third-order valence-electron chi connectivity index (χ3n) is 4.05. The zero-order valence-electron chi connectivity index (χ0n) is 14.6. The van der Waals surface area contributed by atoms with Crippen LogP contribution in [0.4, 0.5) is 0 Å². The molecule has 3 aromatic rings. The lowest BCUT2D eigenvalue weighted by Crippen LogP contribution is -2.42. The monoisotopic (exact) mass is 407 g/mol. The molecule has 1 amide bonds. The average molecular weight is 408 g/mol. The summed E-state index contributed by atoms with van der Waals surface area (Å²) in [4.78, 5) is 37.9. The number of rotatable bonds is 7. The van der Waals surface area contributed by atoms with Crippen LogP contribution < -0.4 is 16.6 Å². The number of ether oxygens (including phenoxy) is 1. The van der Waals surface area contributed by atoms with Gasteiger partial charge in [0.25, 0.3) is 5.56 Å². The maximum atomic E-state index is 13.0. The van der Waals surface area contributed by atoms with Crippen molar-refractivity contribution in [3.05, 3.63) is 67.1 Å². The molecule has 0 spiro atoms. The minimum Gasteiger partial charge on any atom is -0.383 e. The number of thiophene rings is 1. The Kier molecular flexibility index (Phi) is 6.10. The molecule has 2 aromatic heterocycles. The summed E-state index contributed by atoms with van der Waals surface area (Å²) in [6.07, 6.45) is 0. The number of aromatic nitrogens is 2. The summed E-state index contributed by atoms with van der Waals surface area (Å²) in [6, 6.07) is 8.70. The van der Waals surface area contributed by atoms with E-state index in [0.29, 0.717) is 34.0 Å². The van der Waals surface area contributed by atoms with Crippen LogP contribution in [0, 0.1) is 0 Å². The molecular formula is C18H18ClN3O4S. The number of nitrogens with one attached hydrogen (secondary N) is 1. The minimum atomic E-state index is -0.548. The number of halogens is 1. The van der Waals surface area contributed by atoms with Crippen molar-refractivity contribution >= 4 is 39.1 Å². The zero-order chi connectivity index (χ0) is 19.4. The number of carbonyl (C=O) groups excluding carboxylic acids is 1. The van der Waals surface area contributed by atoms with Crippen LogP contribution in [-0.4, -0.2) is 35.3 Å². The van der Waals surface area contributed by atoms with E-state index in [1.54, 1.807) is 35.7 Å². The van der Waals surface area contributed by atoms with Crippen LogP contribution in [-0.2, 0) is 22.6 Å². The summed E-state index contributed by atoms with van der Waals surface area (Å²) >= 11 is 7.41. The molecule has 0 aliphatic carbocycles. The van der Waals surface area contributed by atoms with E-state index in [4.69, 9.17) is 16.3 Å². The highest BCUT2D eigenvalue weighted by Gasteiger charge is 2.17. The van der Waals surface area contributed by atoms with Crippen molar-refractivity contribution in [2.75, 3.05) is 20.3 Å². The van der Waals surface area contributed by atoms with Gasteiger partial charge in [-0.15, -0.1) is 11.3 Å². The number of fused-ring (bicyclic) bond motifs is 1. The van der Waals surface area contributed by atoms with Gasteiger partial charge in [0.05, 0.1) is 18.7 Å². The lowest BCUT2D eigenvalue weighted by molar-refractivity contribution is -0.121. The van der Waals surface area contributed by atoms with Gasteiger partial charge in [0.1, 0.15) is 11.2 Å². The molecule has 9 heteroatoms. The number of nitrogens with zero attached hydrogens (tertiary/aromatic N) is 2. The molecule has 0 unspecified atom stereocenters. The number of hydrogen-bond donors (Lipinski definition) is 1. The number of amides is 1. The quantitative estimate of drug-likeness (QED) is 0.604. The number of hydrogen-bond acceptors (Lipinski definition) is 5. The van der Waals surface area contributed by atoms with Gasteiger partial charge >= 0.3 is 5.69 Å². The van der Waals surface area contributed by atoms with Crippen molar-refractivity contribution in [1.82, 2.24) is 14.5 Å². The van der Waals surface area contributed by atoms with Gasteiger partial charge in [-0.2, -0.15) is 0 Å². The van der Waals surface area contributed by atoms with E-state index >= 15 is 0 Å². The third kappa shape index (κ3) is 4.13. The predicted molar refractivity (Wildman–Crippen MR) is 106 cm³/mol. The highest BCUT2D eigenvalue weighted by molar-refractivity contribution is 7.17. The molecule has 27 heavy (non-hydrogen) atoms. The molecule has 2 heterocycles. The summed E-state index contributed by atoms with van der Waals surface area (Å²) in [5, 5.41) is 4.88. The van der Waals surface area contributed by atoms with Crippen LogP contribution in [0.25, 0.3) is 10.2 Å². The molecule has 1 aromatic carbocycles. The Morgan fingerprint density at radius 2 is 2.00 bits per heavy atom. The highest BCUT2D eigenvalue weighted by Crippen LogP contribution is 2.17. The molecule has 0 saturated carbocycles. The molecule has 142 valence electrons. The average Bonchev–Trinajstić information content (AvgIpc) is 3.14. The Hall–Kier alpha value is -2.42. The Morgan fingerprint density at radius 1 is 1.22 bits per heavy atom. The molecule has 0 bridgehead atoms. The molecule has 0 aliphatic heterocycles. The number of methoxy groups -OCH3 is 1. The maximum absolute atomic E-state index is 13.0. The molecule has 0 saturated heterocycles. The lowest BCUT2D eigenvalue weighted by atomic mass is 10.2. The molecule has 0 atom stereocenters. The summed E-state index contributed by atoms with van der Waals surface area (Å²) in [6.45, 7) is 0.575. The van der Waals surface area contributed by atoms with Gasteiger partial charge in [0, 0.05) is 18.7 Å². The van der Waals surface area contributed by atoms with Crippen molar-refractivity contribution in [3.8, 4) is 0 Å². The molecule has 0 fully saturated rings. The SMILES string of the molecule is COCCNC(=O)Cn1c(=O)n(Cc2ccccc2Cl)c(=O)c2sccc21. The first kappa shape index (κ1) is 19.3. The van der Waals surface area contributed by atoms with Gasteiger partial charge in [0.2, 0.25) is 5.91 Å². The largest absolute Gasteiger partial charge is 0.383 e. The van der Waals surface area contributed by atoms with Crippen molar-refractivity contribution in [1.29, 1.82) is 0 Å². The fourth-order valence-corrected chi connectivity index (χ4v) is 3.75. The molecule has 3 rings (SSSR count). The smallest absolute Gasteiger partial charge is 0.332 e. The first-order valence-electron chi connectivity index (χ1n) is 8.23. The van der Waals surface area contributed by atoms with Gasteiger partial charge in [-0.1, -0.05) is 29.8 Å². The van der Waals surface area contributed by atoms with Crippen LogP contribution >= 0.6 is 22.9 Å². The summed E-state index contributed by atoms with van der Waals surface area (Å²) in [7, 11) is 1.54. The van der Waals surface area contributed by atoms with Crippen LogP contribution in [0.15, 0.2) is 45.3 Å². The van der Waals surface area contributed by atoms with Crippen LogP contribution in [0.1, 0.15) is 5.56 Å². The first-order chi connectivity index (χ1) is 13.0. The van der Waals surface area contributed by atoms with Gasteiger partial charge in [-0.05, 0) is 23.1 Å². The minimum absolute atomic E-state index is 0.0382. The van der Waals surface area contributed by atoms with E-state index in [1.807, 2.05) is 0 Å². The first-order valence-corrected chi connectivity index (χ1v) is 9.48. The van der Waals surface area contributed by atoms with Crippen LogP contribution in [0.3, 0.4) is 0 Å². The Morgan fingerprint density at radius 3 is 2.74 bits per heavy atom. The van der Waals surface area contributed by atoms with Crippen molar-refractivity contribution in [2.45, 2.75) is 13.1 Å². The van der Waals surface area contributed by atoms with Crippen LogP contribution in [0.5, 0.6) is 0 Å². The van der Waals surface area contributed by atoms with E-state index in [0.717, 1.165) is 4.57 Å². The second-order valence-corrected chi connectivity index (χ2v) is 7.15. The molecule has 7 nitrogen and oxygen atoms in total. The lowest BCUT2D eigenvalue weighted by Gasteiger charge is -2.13. The Bertz CT molecular complexity index is 1090. The Balaban J connectivity index is 2.02. The fourth-order valence-electron chi connectivity index (χ4n) is 2.71. The van der Waals surface area contributed by atoms with E-state index in [1.165, 1.54) is 23.0 Å². The Labute approximate surface area is 163 Å². The van der Waals surface area contributed by atoms with Crippen molar-refractivity contribution in [2.24, 2.45) is 0 Å². The van der Waals surface area contributed by atoms with Gasteiger partial charge in [0.15, 0.2) is 0 Å². The molecule has 0 radical (unpaired) electrons. The van der Waals surface area contributed by atoms with E-state index in [2.05, 4.69) is 5.32 Å². The zero-order valence-corrected chi connectivity index (χ0v) is 16.2. The predicted octanol–water partition coefficient (Wildman–Crippen LogP) is 1.69. The molecular weight excluding hydrogens is 390 g/mol. The topological polar surface area (TPSA) is 82.3 Å². The second-order valence-electron chi connectivity index (χ2n) is 5.83. The van der Waals surface area contributed by atoms with E-state index in [9.17, 15) is 14.4 Å². The van der Waals surface area contributed by atoms with E-state index in [-0.39, 0.29) is 24.6 Å². The summed E-state index contributed by atoms with van der Waals surface area (Å²) in [5.41, 5.74) is 0.173. The van der Waals surface area contributed by atoms with Crippen LogP contribution in [0.2, 0.25) is 5.02 Å². The number of benzene rings is 1. The second kappa shape index (κ2) is 8.51. The van der Waals surface area contributed by atoms with E-state index < -0.39 is 5.69 Å². The van der Waals surface area contributed by atoms with Gasteiger partial charge in [-0.3, -0.25) is 18.7 Å². The summed E-state index contributed by atoms with van der Waals surface area (Å²) in [5.74, 6) is -0.329. The number of carbonyl (C=O) groups is 1. The highest BCUT2D eigenvalue weighted by atomic mass is 35.5.